The second kappa shape index (κ2) is 4.95. The van der Waals surface area contributed by atoms with Gasteiger partial charge in [-0.15, -0.1) is 5.10 Å². The largest absolute Gasteiger partial charge is 0.454 e. The summed E-state index contributed by atoms with van der Waals surface area (Å²) < 4.78 is 12.5. The highest BCUT2D eigenvalue weighted by Gasteiger charge is 2.37. The monoisotopic (exact) mass is 301 g/mol. The number of aromatic nitrogens is 4. The third-order valence-electron chi connectivity index (χ3n) is 4.68. The number of nitrogens with zero attached hydrogens (tertiary/aromatic N) is 4. The Bertz CT molecular complexity index is 691. The Kier molecular flexibility index (Phi) is 3.04. The predicted octanol–water partition coefficient (Wildman–Crippen LogP) is 1.76. The van der Waals surface area contributed by atoms with Crippen molar-refractivity contribution in [3.05, 3.63) is 24.0 Å². The molecule has 1 fully saturated rings. The van der Waals surface area contributed by atoms with Gasteiger partial charge in [-0.25, -0.2) is 0 Å². The normalized spacial score (nSPS) is 27.1. The highest BCUT2D eigenvalue weighted by molar-refractivity contribution is 5.50. The van der Waals surface area contributed by atoms with Crippen molar-refractivity contribution in [3.63, 3.8) is 0 Å². The van der Waals surface area contributed by atoms with Gasteiger partial charge in [0.2, 0.25) is 6.79 Å². The minimum atomic E-state index is -0.466. The minimum Gasteiger partial charge on any atom is -0.454 e. The fourth-order valence-electron chi connectivity index (χ4n) is 3.19. The van der Waals surface area contributed by atoms with Gasteiger partial charge in [0.05, 0.1) is 11.2 Å². The molecule has 1 saturated carbocycles. The van der Waals surface area contributed by atoms with E-state index in [1.807, 2.05) is 18.2 Å². The molecule has 0 atom stereocenters. The van der Waals surface area contributed by atoms with E-state index in [2.05, 4.69) is 22.4 Å². The van der Waals surface area contributed by atoms with Gasteiger partial charge >= 0.3 is 0 Å². The Morgan fingerprint density at radius 3 is 2.82 bits per heavy atom. The summed E-state index contributed by atoms with van der Waals surface area (Å²) in [5, 5.41) is 12.2. The fraction of sp³-hybridized carbons (Fsp3) is 0.533. The zero-order valence-corrected chi connectivity index (χ0v) is 12.5. The second-order valence-electron chi connectivity index (χ2n) is 6.29. The Morgan fingerprint density at radius 1 is 1.23 bits per heavy atom. The van der Waals surface area contributed by atoms with Crippen LogP contribution in [0.4, 0.5) is 0 Å². The average Bonchev–Trinajstić information content (AvgIpc) is 3.18. The van der Waals surface area contributed by atoms with E-state index < -0.39 is 5.54 Å². The van der Waals surface area contributed by atoms with E-state index in [1.165, 1.54) is 0 Å². The summed E-state index contributed by atoms with van der Waals surface area (Å²) in [7, 11) is 0. The molecule has 1 aromatic heterocycles. The summed E-state index contributed by atoms with van der Waals surface area (Å²) >= 11 is 0. The molecule has 7 nitrogen and oxygen atoms in total. The molecule has 0 spiro atoms. The lowest BCUT2D eigenvalue weighted by atomic mass is 9.77. The quantitative estimate of drug-likeness (QED) is 0.909. The summed E-state index contributed by atoms with van der Waals surface area (Å²) in [4.78, 5) is 0. The molecule has 7 heteroatoms. The molecule has 22 heavy (non-hydrogen) atoms. The van der Waals surface area contributed by atoms with E-state index in [9.17, 15) is 0 Å². The predicted molar refractivity (Wildman–Crippen MR) is 78.8 cm³/mol. The number of benzene rings is 1. The van der Waals surface area contributed by atoms with E-state index in [-0.39, 0.29) is 6.79 Å². The van der Waals surface area contributed by atoms with Gasteiger partial charge < -0.3 is 15.2 Å². The van der Waals surface area contributed by atoms with Gasteiger partial charge in [-0.2, -0.15) is 4.68 Å². The highest BCUT2D eigenvalue weighted by Crippen LogP contribution is 2.38. The Morgan fingerprint density at radius 2 is 2.00 bits per heavy atom. The molecule has 1 aromatic carbocycles. The van der Waals surface area contributed by atoms with Gasteiger partial charge in [-0.1, -0.05) is 6.92 Å². The molecule has 4 rings (SSSR count). The molecule has 0 saturated heterocycles. The van der Waals surface area contributed by atoms with Gasteiger partial charge in [-0.05, 0) is 54.2 Å². The Labute approximate surface area is 128 Å². The number of fused-ring (bicyclic) bond motifs is 1. The molecular formula is C15H19N5O2. The van der Waals surface area contributed by atoms with Gasteiger partial charge in [0.15, 0.2) is 17.3 Å². The van der Waals surface area contributed by atoms with Crippen LogP contribution in [-0.4, -0.2) is 27.0 Å². The van der Waals surface area contributed by atoms with Crippen molar-refractivity contribution < 1.29 is 9.47 Å². The van der Waals surface area contributed by atoms with Crippen LogP contribution in [0, 0.1) is 5.92 Å². The van der Waals surface area contributed by atoms with E-state index >= 15 is 0 Å². The Balaban J connectivity index is 1.71. The smallest absolute Gasteiger partial charge is 0.231 e. The van der Waals surface area contributed by atoms with Crippen LogP contribution in [0.15, 0.2) is 18.2 Å². The average molecular weight is 301 g/mol. The lowest BCUT2D eigenvalue weighted by Gasteiger charge is -2.34. The lowest BCUT2D eigenvalue weighted by Crippen LogP contribution is -2.42. The van der Waals surface area contributed by atoms with Gasteiger partial charge in [0, 0.05) is 6.07 Å². The summed E-state index contributed by atoms with van der Waals surface area (Å²) in [6.45, 7) is 2.51. The van der Waals surface area contributed by atoms with E-state index in [4.69, 9.17) is 15.2 Å². The molecule has 0 amide bonds. The van der Waals surface area contributed by atoms with Crippen LogP contribution < -0.4 is 15.2 Å². The maximum absolute atomic E-state index is 6.62. The number of tetrazole rings is 1. The number of nitrogens with two attached hydrogens (primary N) is 1. The lowest BCUT2D eigenvalue weighted by molar-refractivity contribution is 0.174. The van der Waals surface area contributed by atoms with Gasteiger partial charge in [0.25, 0.3) is 0 Å². The summed E-state index contributed by atoms with van der Waals surface area (Å²) in [6.07, 6.45) is 4.01. The van der Waals surface area contributed by atoms with Crippen LogP contribution in [0.25, 0.3) is 5.69 Å². The van der Waals surface area contributed by atoms with Crippen LogP contribution in [0.3, 0.4) is 0 Å². The molecule has 1 aliphatic heterocycles. The molecule has 2 aromatic rings. The van der Waals surface area contributed by atoms with Crippen molar-refractivity contribution >= 4 is 0 Å². The number of ether oxygens (including phenoxy) is 2. The van der Waals surface area contributed by atoms with Crippen molar-refractivity contribution in [3.8, 4) is 17.2 Å². The summed E-state index contributed by atoms with van der Waals surface area (Å²) in [5.74, 6) is 2.89. The third-order valence-corrected chi connectivity index (χ3v) is 4.68. The molecule has 2 aliphatic rings. The van der Waals surface area contributed by atoms with Crippen molar-refractivity contribution in [1.82, 2.24) is 20.2 Å². The summed E-state index contributed by atoms with van der Waals surface area (Å²) in [5.41, 5.74) is 6.99. The van der Waals surface area contributed by atoms with Crippen molar-refractivity contribution in [2.45, 2.75) is 38.1 Å². The molecule has 1 aliphatic carbocycles. The molecule has 116 valence electrons. The minimum absolute atomic E-state index is 0.250. The first-order chi connectivity index (χ1) is 10.7. The zero-order valence-electron chi connectivity index (χ0n) is 12.5. The molecule has 2 heterocycles. The van der Waals surface area contributed by atoms with Crippen LogP contribution >= 0.6 is 0 Å². The molecule has 0 unspecified atom stereocenters. The highest BCUT2D eigenvalue weighted by atomic mass is 16.7. The zero-order chi connectivity index (χ0) is 15.2. The van der Waals surface area contributed by atoms with Gasteiger partial charge in [-0.3, -0.25) is 0 Å². The van der Waals surface area contributed by atoms with Crippen molar-refractivity contribution in [2.75, 3.05) is 6.79 Å². The van der Waals surface area contributed by atoms with E-state index in [0.717, 1.165) is 42.9 Å². The maximum atomic E-state index is 6.62. The Hall–Kier alpha value is -2.15. The number of hydrogen-bond donors (Lipinski definition) is 1. The molecule has 2 N–H and O–H groups in total. The first-order valence-corrected chi connectivity index (χ1v) is 7.63. The first-order valence-electron chi connectivity index (χ1n) is 7.63. The molecule has 0 bridgehead atoms. The SMILES string of the molecule is CC1CCC(N)(c2nnnn2-c2ccc3c(c2)OCO3)CC1. The van der Waals surface area contributed by atoms with Crippen LogP contribution in [0.2, 0.25) is 0 Å². The molecule has 0 radical (unpaired) electrons. The fourth-order valence-corrected chi connectivity index (χ4v) is 3.19. The van der Waals surface area contributed by atoms with E-state index in [1.54, 1.807) is 4.68 Å². The van der Waals surface area contributed by atoms with Crippen LogP contribution in [0.5, 0.6) is 11.5 Å². The maximum Gasteiger partial charge on any atom is 0.231 e. The van der Waals surface area contributed by atoms with Crippen molar-refractivity contribution in [2.24, 2.45) is 11.7 Å². The second-order valence-corrected chi connectivity index (χ2v) is 6.29. The first kappa shape index (κ1) is 13.5. The number of rotatable bonds is 2. The van der Waals surface area contributed by atoms with Crippen LogP contribution in [0.1, 0.15) is 38.4 Å². The third kappa shape index (κ3) is 2.12. The number of hydrogen-bond acceptors (Lipinski definition) is 6. The van der Waals surface area contributed by atoms with Crippen LogP contribution in [-0.2, 0) is 5.54 Å². The van der Waals surface area contributed by atoms with Gasteiger partial charge in [0.1, 0.15) is 0 Å². The topological polar surface area (TPSA) is 88.1 Å². The van der Waals surface area contributed by atoms with Crippen molar-refractivity contribution in [1.29, 1.82) is 0 Å². The molecular weight excluding hydrogens is 282 g/mol. The summed E-state index contributed by atoms with van der Waals surface area (Å²) in [6, 6.07) is 5.68. The van der Waals surface area contributed by atoms with E-state index in [0.29, 0.717) is 11.7 Å². The standard InChI is InChI=1S/C15H19N5O2/c1-10-4-6-15(16,7-5-10)14-17-18-19-20(14)11-2-3-12-13(8-11)22-9-21-12/h2-3,8,10H,4-7,9,16H2,1H3.